The average Bonchev–Trinajstić information content (AvgIpc) is 3.00. The summed E-state index contributed by atoms with van der Waals surface area (Å²) in [7, 11) is 0. The van der Waals surface area contributed by atoms with Crippen molar-refractivity contribution in [1.29, 1.82) is 0 Å². The molecule has 106 valence electrons. The average molecular weight is 284 g/mol. The molecule has 0 spiro atoms. The zero-order valence-electron chi connectivity index (χ0n) is 11.9. The maximum atomic E-state index is 2.29. The van der Waals surface area contributed by atoms with Crippen molar-refractivity contribution < 1.29 is 17.1 Å². The van der Waals surface area contributed by atoms with E-state index in [2.05, 4.69) is 39.8 Å². The fraction of sp³-hybridized carbons (Fsp3) is 0.412. The molecule has 0 N–H and O–H groups in total. The number of rotatable bonds is 3. The first-order valence-corrected chi connectivity index (χ1v) is 6.64. The van der Waals surface area contributed by atoms with Crippen molar-refractivity contribution in [2.75, 3.05) is 0 Å². The summed E-state index contributed by atoms with van der Waals surface area (Å²) in [4.78, 5) is 0. The summed E-state index contributed by atoms with van der Waals surface area (Å²) in [6.07, 6.45) is 2.36. The maximum absolute atomic E-state index is 2.29. The van der Waals surface area contributed by atoms with Gasteiger partial charge in [0.15, 0.2) is 0 Å². The van der Waals surface area contributed by atoms with Gasteiger partial charge in [-0.25, -0.2) is 6.07 Å². The Kier molecular flexibility index (Phi) is 8.79. The van der Waals surface area contributed by atoms with Crippen molar-refractivity contribution in [3.8, 4) is 0 Å². The summed E-state index contributed by atoms with van der Waals surface area (Å²) in [5, 5.41) is 0. The monoisotopic (exact) mass is 284 g/mol. The van der Waals surface area contributed by atoms with Crippen molar-refractivity contribution >= 4 is 0 Å². The van der Waals surface area contributed by atoms with E-state index in [1.165, 1.54) is 12.8 Å². The molecular formula is C17H24Fe-6. The van der Waals surface area contributed by atoms with E-state index in [1.807, 2.05) is 30.3 Å². The van der Waals surface area contributed by atoms with Crippen LogP contribution in [0.5, 0.6) is 0 Å². The number of hydrogen-bond acceptors (Lipinski definition) is 0. The molecule has 0 atom stereocenters. The zero-order valence-corrected chi connectivity index (χ0v) is 13.0. The normalized spacial score (nSPS) is 9.61. The standard InChI is InChI=1S/C12H19.C5H5.Fe/c1-5-10-7-8-12(9(3)4)11(10)6-2;1-2-4-5-3-1;/h7-9H,5-6H2,1-4H3;1-5H;/q-1;-5;. The third-order valence-electron chi connectivity index (χ3n) is 3.11. The first-order valence-electron chi connectivity index (χ1n) is 6.64. The van der Waals surface area contributed by atoms with Gasteiger partial charge < -0.3 is 30.3 Å². The predicted molar refractivity (Wildman–Crippen MR) is 76.9 cm³/mol. The molecule has 0 aliphatic rings. The molecule has 18 heavy (non-hydrogen) atoms. The molecule has 2 aromatic rings. The Balaban J connectivity index is 0.000000405. The molecule has 0 heterocycles. The SMILES string of the molecule is CCc1c(C(C)C)cc[c-]1CC.[Fe].[cH-]1[cH-][cH-][cH-][cH-]1. The van der Waals surface area contributed by atoms with Gasteiger partial charge in [0, 0.05) is 17.1 Å². The molecule has 1 heteroatoms. The Morgan fingerprint density at radius 3 is 1.89 bits per heavy atom. The molecule has 0 aliphatic carbocycles. The molecular weight excluding hydrogens is 260 g/mol. The van der Waals surface area contributed by atoms with Crippen molar-refractivity contribution in [3.05, 3.63) is 59.2 Å². The molecule has 0 saturated carbocycles. The van der Waals surface area contributed by atoms with Crippen LogP contribution in [-0.2, 0) is 29.9 Å². The van der Waals surface area contributed by atoms with Gasteiger partial charge in [0.1, 0.15) is 0 Å². The van der Waals surface area contributed by atoms with E-state index >= 15 is 0 Å². The molecule has 0 saturated heterocycles. The Labute approximate surface area is 123 Å². The molecule has 2 rings (SSSR count). The first-order chi connectivity index (χ1) is 8.20. The van der Waals surface area contributed by atoms with Gasteiger partial charge in [-0.05, 0) is 0 Å². The second-order valence-electron chi connectivity index (χ2n) is 4.62. The van der Waals surface area contributed by atoms with Crippen LogP contribution in [-0.4, -0.2) is 0 Å². The second kappa shape index (κ2) is 9.19. The van der Waals surface area contributed by atoms with E-state index in [4.69, 9.17) is 0 Å². The first kappa shape index (κ1) is 17.2. The fourth-order valence-corrected chi connectivity index (χ4v) is 2.20. The van der Waals surface area contributed by atoms with Gasteiger partial charge in [-0.3, -0.25) is 0 Å². The topological polar surface area (TPSA) is 0 Å². The summed E-state index contributed by atoms with van der Waals surface area (Å²) in [6, 6.07) is 14.6. The van der Waals surface area contributed by atoms with E-state index in [9.17, 15) is 0 Å². The Bertz CT molecular complexity index is 376. The van der Waals surface area contributed by atoms with Gasteiger partial charge >= 0.3 is 0 Å². The van der Waals surface area contributed by atoms with Gasteiger partial charge in [0.2, 0.25) is 0 Å². The van der Waals surface area contributed by atoms with E-state index < -0.39 is 0 Å². The van der Waals surface area contributed by atoms with E-state index in [0.717, 1.165) is 0 Å². The van der Waals surface area contributed by atoms with Crippen LogP contribution in [0, 0.1) is 0 Å². The van der Waals surface area contributed by atoms with Crippen molar-refractivity contribution in [3.63, 3.8) is 0 Å². The van der Waals surface area contributed by atoms with Crippen LogP contribution in [0.4, 0.5) is 0 Å². The maximum Gasteiger partial charge on any atom is 0 e. The molecule has 0 aliphatic heterocycles. The fourth-order valence-electron chi connectivity index (χ4n) is 2.20. The zero-order chi connectivity index (χ0) is 12.7. The van der Waals surface area contributed by atoms with Crippen molar-refractivity contribution in [2.24, 2.45) is 0 Å². The number of hydrogen-bond donors (Lipinski definition) is 0. The number of aryl methyl sites for hydroxylation is 1. The van der Waals surface area contributed by atoms with Gasteiger partial charge in [-0.1, -0.05) is 46.5 Å². The molecule has 0 aromatic heterocycles. The van der Waals surface area contributed by atoms with Crippen LogP contribution < -0.4 is 0 Å². The van der Waals surface area contributed by atoms with Gasteiger partial charge in [0.05, 0.1) is 0 Å². The minimum atomic E-state index is 0. The van der Waals surface area contributed by atoms with Crippen LogP contribution in [0.25, 0.3) is 0 Å². The van der Waals surface area contributed by atoms with E-state index in [-0.39, 0.29) is 17.1 Å². The Hall–Kier alpha value is -0.781. The van der Waals surface area contributed by atoms with Crippen LogP contribution in [0.3, 0.4) is 0 Å². The van der Waals surface area contributed by atoms with E-state index in [1.54, 1.807) is 16.7 Å². The van der Waals surface area contributed by atoms with Crippen LogP contribution in [0.15, 0.2) is 42.5 Å². The smallest absolute Gasteiger partial charge is 0 e. The largest absolute Gasteiger partial charge is 0.748 e. The molecule has 0 nitrogen and oxygen atoms in total. The summed E-state index contributed by atoms with van der Waals surface area (Å²) >= 11 is 0. The predicted octanol–water partition coefficient (Wildman–Crippen LogP) is 5.06. The molecule has 0 bridgehead atoms. The molecule has 0 radical (unpaired) electrons. The van der Waals surface area contributed by atoms with Gasteiger partial charge in [0.25, 0.3) is 0 Å². The molecule has 0 amide bonds. The molecule has 2 aromatic carbocycles. The molecule has 0 fully saturated rings. The minimum Gasteiger partial charge on any atom is -0.748 e. The van der Waals surface area contributed by atoms with Crippen molar-refractivity contribution in [2.45, 2.75) is 46.5 Å². The summed E-state index contributed by atoms with van der Waals surface area (Å²) in [6.45, 7) is 9.03. The van der Waals surface area contributed by atoms with Crippen LogP contribution >= 0.6 is 0 Å². The Morgan fingerprint density at radius 2 is 1.56 bits per heavy atom. The van der Waals surface area contributed by atoms with Crippen LogP contribution in [0.1, 0.15) is 50.3 Å². The van der Waals surface area contributed by atoms with Gasteiger partial charge in [-0.2, -0.15) is 22.8 Å². The van der Waals surface area contributed by atoms with E-state index in [0.29, 0.717) is 5.92 Å². The summed E-state index contributed by atoms with van der Waals surface area (Å²) < 4.78 is 0. The second-order valence-corrected chi connectivity index (χ2v) is 4.62. The van der Waals surface area contributed by atoms with Gasteiger partial charge in [-0.15, -0.1) is 0 Å². The third kappa shape index (κ3) is 4.84. The third-order valence-corrected chi connectivity index (χ3v) is 3.11. The van der Waals surface area contributed by atoms with Crippen molar-refractivity contribution in [1.82, 2.24) is 0 Å². The minimum absolute atomic E-state index is 0. The summed E-state index contributed by atoms with van der Waals surface area (Å²) in [5.74, 6) is 0.681. The molecule has 0 unspecified atom stereocenters. The quantitative estimate of drug-likeness (QED) is 0.546. The summed E-state index contributed by atoms with van der Waals surface area (Å²) in [5.41, 5.74) is 4.68. The Morgan fingerprint density at radius 1 is 1.06 bits per heavy atom. The van der Waals surface area contributed by atoms with Crippen LogP contribution in [0.2, 0.25) is 0 Å².